The van der Waals surface area contributed by atoms with Crippen LogP contribution in [0.5, 0.6) is 0 Å². The third-order valence-electron chi connectivity index (χ3n) is 4.70. The van der Waals surface area contributed by atoms with E-state index in [0.717, 1.165) is 26.0 Å². The standard InChI is InChI=1S/C15H28N2O2/c1-3-17(2)14(18)12-16-13-7-10-19-15(11-13)8-5-4-6-9-15/h13,16H,3-12H2,1-2H3. The molecule has 4 nitrogen and oxygen atoms in total. The van der Waals surface area contributed by atoms with Gasteiger partial charge < -0.3 is 15.0 Å². The maximum absolute atomic E-state index is 11.8. The van der Waals surface area contributed by atoms with E-state index >= 15 is 0 Å². The van der Waals surface area contributed by atoms with Gasteiger partial charge in [-0.05, 0) is 32.6 Å². The molecule has 0 aromatic rings. The van der Waals surface area contributed by atoms with E-state index in [9.17, 15) is 4.79 Å². The van der Waals surface area contributed by atoms with Gasteiger partial charge in [-0.2, -0.15) is 0 Å². The second-order valence-electron chi connectivity index (χ2n) is 6.07. The number of hydrogen-bond acceptors (Lipinski definition) is 3. The molecule has 4 heteroatoms. The predicted octanol–water partition coefficient (Wildman–Crippen LogP) is 1.94. The third-order valence-corrected chi connectivity index (χ3v) is 4.70. The van der Waals surface area contributed by atoms with Crippen molar-refractivity contribution in [3.63, 3.8) is 0 Å². The van der Waals surface area contributed by atoms with Gasteiger partial charge in [-0.15, -0.1) is 0 Å². The molecule has 1 saturated heterocycles. The lowest BCUT2D eigenvalue weighted by Gasteiger charge is -2.43. The van der Waals surface area contributed by atoms with Crippen LogP contribution in [-0.2, 0) is 9.53 Å². The predicted molar refractivity (Wildman–Crippen MR) is 76.1 cm³/mol. The Morgan fingerprint density at radius 1 is 1.37 bits per heavy atom. The van der Waals surface area contributed by atoms with Crippen LogP contribution in [-0.4, -0.2) is 49.2 Å². The number of likely N-dealkylation sites (N-methyl/N-ethyl adjacent to an activating group) is 1. The number of nitrogens with zero attached hydrogens (tertiary/aromatic N) is 1. The first-order chi connectivity index (χ1) is 9.15. The molecule has 0 radical (unpaired) electrons. The van der Waals surface area contributed by atoms with Crippen LogP contribution in [0.4, 0.5) is 0 Å². The van der Waals surface area contributed by atoms with E-state index in [2.05, 4.69) is 5.32 Å². The van der Waals surface area contributed by atoms with Gasteiger partial charge >= 0.3 is 0 Å². The summed E-state index contributed by atoms with van der Waals surface area (Å²) in [6.45, 7) is 4.09. The van der Waals surface area contributed by atoms with Crippen LogP contribution >= 0.6 is 0 Å². The maximum atomic E-state index is 11.8. The van der Waals surface area contributed by atoms with Crippen molar-refractivity contribution in [3.8, 4) is 0 Å². The first kappa shape index (κ1) is 14.8. The van der Waals surface area contributed by atoms with Gasteiger partial charge in [-0.1, -0.05) is 19.3 Å². The Labute approximate surface area is 116 Å². The van der Waals surface area contributed by atoms with Gasteiger partial charge in [-0.25, -0.2) is 0 Å². The van der Waals surface area contributed by atoms with Crippen molar-refractivity contribution in [3.05, 3.63) is 0 Å². The van der Waals surface area contributed by atoms with Crippen molar-refractivity contribution in [2.45, 2.75) is 63.5 Å². The van der Waals surface area contributed by atoms with Gasteiger partial charge in [0.2, 0.25) is 5.91 Å². The van der Waals surface area contributed by atoms with Crippen molar-refractivity contribution in [2.75, 3.05) is 26.7 Å². The molecule has 1 saturated carbocycles. The maximum Gasteiger partial charge on any atom is 0.236 e. The molecule has 1 heterocycles. The van der Waals surface area contributed by atoms with E-state index in [0.29, 0.717) is 12.6 Å². The summed E-state index contributed by atoms with van der Waals surface area (Å²) in [6, 6.07) is 0.445. The van der Waals surface area contributed by atoms with Crippen molar-refractivity contribution in [2.24, 2.45) is 0 Å². The quantitative estimate of drug-likeness (QED) is 0.847. The summed E-state index contributed by atoms with van der Waals surface area (Å²) in [5.74, 6) is 0.187. The second kappa shape index (κ2) is 6.71. The van der Waals surface area contributed by atoms with E-state index < -0.39 is 0 Å². The zero-order valence-corrected chi connectivity index (χ0v) is 12.4. The normalized spacial score (nSPS) is 26.3. The first-order valence-corrected chi connectivity index (χ1v) is 7.76. The molecule has 2 fully saturated rings. The fourth-order valence-corrected chi connectivity index (χ4v) is 3.29. The number of amides is 1. The highest BCUT2D eigenvalue weighted by molar-refractivity contribution is 5.77. The van der Waals surface area contributed by atoms with Crippen LogP contribution in [0.2, 0.25) is 0 Å². The average Bonchev–Trinajstić information content (AvgIpc) is 2.45. The van der Waals surface area contributed by atoms with Crippen LogP contribution in [0.15, 0.2) is 0 Å². The molecule has 2 rings (SSSR count). The summed E-state index contributed by atoms with van der Waals surface area (Å²) in [5, 5.41) is 3.44. The minimum absolute atomic E-state index is 0.119. The topological polar surface area (TPSA) is 41.6 Å². The molecule has 1 amide bonds. The Kier molecular flexibility index (Phi) is 5.22. The molecule has 1 aliphatic heterocycles. The molecular weight excluding hydrogens is 240 g/mol. The highest BCUT2D eigenvalue weighted by atomic mass is 16.5. The molecule has 0 aromatic carbocycles. The number of carbonyl (C=O) groups is 1. The van der Waals surface area contributed by atoms with Crippen LogP contribution in [0.1, 0.15) is 51.9 Å². The first-order valence-electron chi connectivity index (χ1n) is 7.76. The molecule has 110 valence electrons. The molecule has 1 unspecified atom stereocenters. The van der Waals surface area contributed by atoms with Crippen molar-refractivity contribution >= 4 is 5.91 Å². The number of nitrogens with one attached hydrogen (secondary N) is 1. The number of hydrogen-bond donors (Lipinski definition) is 1. The molecule has 19 heavy (non-hydrogen) atoms. The summed E-state index contributed by atoms with van der Waals surface area (Å²) in [5.41, 5.74) is 0.119. The largest absolute Gasteiger partial charge is 0.375 e. The van der Waals surface area contributed by atoms with Crippen LogP contribution in [0.3, 0.4) is 0 Å². The zero-order valence-electron chi connectivity index (χ0n) is 12.4. The number of carbonyl (C=O) groups excluding carboxylic acids is 1. The van der Waals surface area contributed by atoms with Crippen molar-refractivity contribution < 1.29 is 9.53 Å². The Morgan fingerprint density at radius 3 is 2.79 bits per heavy atom. The van der Waals surface area contributed by atoms with Crippen LogP contribution in [0.25, 0.3) is 0 Å². The second-order valence-corrected chi connectivity index (χ2v) is 6.07. The molecular formula is C15H28N2O2. The van der Waals surface area contributed by atoms with Gasteiger partial charge in [0.1, 0.15) is 0 Å². The Hall–Kier alpha value is -0.610. The lowest BCUT2D eigenvalue weighted by molar-refractivity contribution is -0.130. The fourth-order valence-electron chi connectivity index (χ4n) is 3.29. The van der Waals surface area contributed by atoms with Gasteiger partial charge in [0.05, 0.1) is 12.1 Å². The molecule has 1 spiro atoms. The molecule has 1 aliphatic carbocycles. The highest BCUT2D eigenvalue weighted by Gasteiger charge is 2.38. The summed E-state index contributed by atoms with van der Waals surface area (Å²) in [6.07, 6.45) is 8.46. The highest BCUT2D eigenvalue weighted by Crippen LogP contribution is 2.38. The number of rotatable bonds is 4. The zero-order chi connectivity index (χ0) is 13.7. The lowest BCUT2D eigenvalue weighted by Crippen LogP contribution is -2.50. The van der Waals surface area contributed by atoms with E-state index in [-0.39, 0.29) is 11.5 Å². The lowest BCUT2D eigenvalue weighted by atomic mass is 9.78. The molecule has 1 N–H and O–H groups in total. The Bertz CT molecular complexity index is 295. The van der Waals surface area contributed by atoms with Crippen molar-refractivity contribution in [1.82, 2.24) is 10.2 Å². The van der Waals surface area contributed by atoms with Gasteiger partial charge in [-0.3, -0.25) is 4.79 Å². The minimum atomic E-state index is 0.119. The van der Waals surface area contributed by atoms with Gasteiger partial charge in [0.25, 0.3) is 0 Å². The van der Waals surface area contributed by atoms with E-state index in [1.165, 1.54) is 32.1 Å². The summed E-state index contributed by atoms with van der Waals surface area (Å²) < 4.78 is 6.08. The van der Waals surface area contributed by atoms with Crippen LogP contribution in [0, 0.1) is 0 Å². The van der Waals surface area contributed by atoms with Gasteiger partial charge in [0.15, 0.2) is 0 Å². The van der Waals surface area contributed by atoms with E-state index in [1.807, 2.05) is 14.0 Å². The Balaban J connectivity index is 1.79. The van der Waals surface area contributed by atoms with Gasteiger partial charge in [0, 0.05) is 26.2 Å². The van der Waals surface area contributed by atoms with Crippen LogP contribution < -0.4 is 5.32 Å². The summed E-state index contributed by atoms with van der Waals surface area (Å²) in [4.78, 5) is 13.6. The van der Waals surface area contributed by atoms with Crippen molar-refractivity contribution in [1.29, 1.82) is 0 Å². The van der Waals surface area contributed by atoms with E-state index in [4.69, 9.17) is 4.74 Å². The minimum Gasteiger partial charge on any atom is -0.375 e. The monoisotopic (exact) mass is 268 g/mol. The summed E-state index contributed by atoms with van der Waals surface area (Å²) >= 11 is 0. The Morgan fingerprint density at radius 2 is 2.11 bits per heavy atom. The van der Waals surface area contributed by atoms with E-state index in [1.54, 1.807) is 4.90 Å². The smallest absolute Gasteiger partial charge is 0.236 e. The summed E-state index contributed by atoms with van der Waals surface area (Å²) in [7, 11) is 1.86. The average molecular weight is 268 g/mol. The SMILES string of the molecule is CCN(C)C(=O)CNC1CCOC2(CCCCC2)C1. The fraction of sp³-hybridized carbons (Fsp3) is 0.933. The molecule has 0 aromatic heterocycles. The molecule has 1 atom stereocenters. The molecule has 2 aliphatic rings. The molecule has 0 bridgehead atoms. The number of ether oxygens (including phenoxy) is 1. The third kappa shape index (κ3) is 3.93.